The van der Waals surface area contributed by atoms with Crippen molar-refractivity contribution in [2.45, 2.75) is 25.3 Å². The van der Waals surface area contributed by atoms with Crippen molar-refractivity contribution >= 4 is 15.7 Å². The highest BCUT2D eigenvalue weighted by Gasteiger charge is 2.21. The number of benzene rings is 1. The molecule has 1 aromatic carbocycles. The molecule has 0 aromatic heterocycles. The third kappa shape index (κ3) is 3.61. The first-order valence-corrected chi connectivity index (χ1v) is 7.74. The summed E-state index contributed by atoms with van der Waals surface area (Å²) in [6, 6.07) is 6.33. The number of hydrogen-bond donors (Lipinski definition) is 3. The Kier molecular flexibility index (Phi) is 4.08. The van der Waals surface area contributed by atoms with E-state index in [2.05, 4.69) is 10.0 Å². The van der Waals surface area contributed by atoms with Crippen LogP contribution in [0.1, 0.15) is 19.3 Å². The molecule has 0 bridgehead atoms. The number of rotatable bonds is 4. The van der Waals surface area contributed by atoms with E-state index < -0.39 is 10.0 Å². The Bertz CT molecular complexity index is 496. The Morgan fingerprint density at radius 2 is 2.11 bits per heavy atom. The lowest BCUT2D eigenvalue weighted by Crippen LogP contribution is -2.40. The molecule has 18 heavy (non-hydrogen) atoms. The molecule has 6 heteroatoms. The topological polar surface area (TPSA) is 78.4 Å². The van der Waals surface area contributed by atoms with Gasteiger partial charge in [0.1, 0.15) is 5.75 Å². The third-order valence-electron chi connectivity index (χ3n) is 3.00. The maximum atomic E-state index is 12.0. The smallest absolute Gasteiger partial charge is 0.234 e. The van der Waals surface area contributed by atoms with Crippen molar-refractivity contribution in [1.29, 1.82) is 0 Å². The van der Waals surface area contributed by atoms with Crippen molar-refractivity contribution < 1.29 is 13.5 Å². The Hall–Kier alpha value is -1.27. The van der Waals surface area contributed by atoms with Gasteiger partial charge in [-0.3, -0.25) is 4.72 Å². The first kappa shape index (κ1) is 13.2. The van der Waals surface area contributed by atoms with Crippen LogP contribution in [0.5, 0.6) is 5.75 Å². The highest BCUT2D eigenvalue weighted by Crippen LogP contribution is 2.23. The second-order valence-corrected chi connectivity index (χ2v) is 6.31. The van der Waals surface area contributed by atoms with E-state index in [0.717, 1.165) is 25.8 Å². The minimum absolute atomic E-state index is 0.00195. The van der Waals surface area contributed by atoms with Gasteiger partial charge in [-0.05, 0) is 31.5 Å². The number of phenolic OH excluding ortho intramolecular Hbond substituents is 1. The molecule has 1 atom stereocenters. The fourth-order valence-electron chi connectivity index (χ4n) is 2.10. The van der Waals surface area contributed by atoms with Gasteiger partial charge in [0, 0.05) is 6.04 Å². The fourth-order valence-corrected chi connectivity index (χ4v) is 3.51. The maximum Gasteiger partial charge on any atom is 0.234 e. The molecule has 1 fully saturated rings. The Morgan fingerprint density at radius 1 is 1.33 bits per heavy atom. The number of hydrogen-bond acceptors (Lipinski definition) is 4. The largest absolute Gasteiger partial charge is 0.506 e. The van der Waals surface area contributed by atoms with Crippen LogP contribution >= 0.6 is 0 Å². The minimum Gasteiger partial charge on any atom is -0.506 e. The van der Waals surface area contributed by atoms with Crippen molar-refractivity contribution in [1.82, 2.24) is 5.32 Å². The van der Waals surface area contributed by atoms with Crippen LogP contribution in [0, 0.1) is 0 Å². The van der Waals surface area contributed by atoms with Crippen LogP contribution < -0.4 is 10.0 Å². The molecule has 100 valence electrons. The Morgan fingerprint density at radius 3 is 2.78 bits per heavy atom. The molecule has 5 nitrogen and oxygen atoms in total. The van der Waals surface area contributed by atoms with Gasteiger partial charge in [-0.25, -0.2) is 8.42 Å². The molecule has 1 aliphatic rings. The summed E-state index contributed by atoms with van der Waals surface area (Å²) >= 11 is 0. The molecular formula is C12H18N2O3S. The summed E-state index contributed by atoms with van der Waals surface area (Å²) in [6.07, 6.45) is 3.04. The van der Waals surface area contributed by atoms with Crippen LogP contribution in [-0.4, -0.2) is 31.9 Å². The summed E-state index contributed by atoms with van der Waals surface area (Å²) in [5.74, 6) is -0.0147. The highest BCUT2D eigenvalue weighted by atomic mass is 32.2. The van der Waals surface area contributed by atoms with E-state index in [9.17, 15) is 13.5 Å². The highest BCUT2D eigenvalue weighted by molar-refractivity contribution is 7.92. The van der Waals surface area contributed by atoms with Gasteiger partial charge in [0.25, 0.3) is 0 Å². The second-order valence-electron chi connectivity index (χ2n) is 4.55. The maximum absolute atomic E-state index is 12.0. The van der Waals surface area contributed by atoms with Crippen molar-refractivity contribution in [3.63, 3.8) is 0 Å². The standard InChI is InChI=1S/C12H18N2O3S/c15-12-7-2-1-6-11(12)14-18(16,17)9-10-5-3-4-8-13-10/h1-2,6-7,10,13-15H,3-5,8-9H2. The van der Waals surface area contributed by atoms with Crippen LogP contribution in [0.2, 0.25) is 0 Å². The van der Waals surface area contributed by atoms with Crippen LogP contribution in [0.3, 0.4) is 0 Å². The Labute approximate surface area is 107 Å². The van der Waals surface area contributed by atoms with E-state index in [4.69, 9.17) is 0 Å². The number of nitrogens with one attached hydrogen (secondary N) is 2. The quantitative estimate of drug-likeness (QED) is 0.720. The molecule has 1 aromatic rings. The molecule has 0 amide bonds. The molecule has 1 unspecified atom stereocenters. The molecule has 3 N–H and O–H groups in total. The second kappa shape index (κ2) is 5.58. The van der Waals surface area contributed by atoms with E-state index in [0.29, 0.717) is 0 Å². The fraction of sp³-hybridized carbons (Fsp3) is 0.500. The number of phenols is 1. The van der Waals surface area contributed by atoms with Gasteiger partial charge in [0.2, 0.25) is 10.0 Å². The molecule has 1 saturated heterocycles. The van der Waals surface area contributed by atoms with Gasteiger partial charge < -0.3 is 10.4 Å². The summed E-state index contributed by atoms with van der Waals surface area (Å²) in [7, 11) is -3.43. The van der Waals surface area contributed by atoms with E-state index >= 15 is 0 Å². The van der Waals surface area contributed by atoms with Gasteiger partial charge in [-0.2, -0.15) is 0 Å². The van der Waals surface area contributed by atoms with Crippen molar-refractivity contribution in [2.24, 2.45) is 0 Å². The molecule has 1 aliphatic heterocycles. The lowest BCUT2D eigenvalue weighted by Gasteiger charge is -2.23. The molecule has 2 rings (SSSR count). The summed E-state index contributed by atoms with van der Waals surface area (Å²) < 4.78 is 26.3. The molecule has 1 heterocycles. The van der Waals surface area contributed by atoms with Gasteiger partial charge in [-0.1, -0.05) is 18.6 Å². The lowest BCUT2D eigenvalue weighted by molar-refractivity contribution is 0.424. The predicted molar refractivity (Wildman–Crippen MR) is 71.2 cm³/mol. The molecule has 0 aliphatic carbocycles. The molecule has 0 spiro atoms. The average molecular weight is 270 g/mol. The Balaban J connectivity index is 2.01. The molecule has 0 radical (unpaired) electrons. The minimum atomic E-state index is -3.43. The van der Waals surface area contributed by atoms with Gasteiger partial charge in [0.15, 0.2) is 0 Å². The lowest BCUT2D eigenvalue weighted by atomic mass is 10.1. The van der Waals surface area contributed by atoms with Crippen LogP contribution in [0.25, 0.3) is 0 Å². The van der Waals surface area contributed by atoms with Crippen molar-refractivity contribution in [2.75, 3.05) is 17.0 Å². The summed E-state index contributed by atoms with van der Waals surface area (Å²) in [4.78, 5) is 0. The van der Waals surface area contributed by atoms with Gasteiger partial charge >= 0.3 is 0 Å². The van der Waals surface area contributed by atoms with E-state index in [-0.39, 0.29) is 23.2 Å². The monoisotopic (exact) mass is 270 g/mol. The molecular weight excluding hydrogens is 252 g/mol. The number of sulfonamides is 1. The SMILES string of the molecule is O=S(=O)(CC1CCCCN1)Nc1ccccc1O. The number of anilines is 1. The van der Waals surface area contributed by atoms with Gasteiger partial charge in [0.05, 0.1) is 11.4 Å². The van der Waals surface area contributed by atoms with Crippen molar-refractivity contribution in [3.05, 3.63) is 24.3 Å². The number of para-hydroxylation sites is 2. The first-order chi connectivity index (χ1) is 8.57. The normalized spacial score (nSPS) is 20.6. The zero-order valence-electron chi connectivity index (χ0n) is 10.1. The third-order valence-corrected chi connectivity index (χ3v) is 4.37. The van der Waals surface area contributed by atoms with Gasteiger partial charge in [-0.15, -0.1) is 0 Å². The van der Waals surface area contributed by atoms with E-state index in [1.54, 1.807) is 18.2 Å². The van der Waals surface area contributed by atoms with Crippen LogP contribution in [0.4, 0.5) is 5.69 Å². The van der Waals surface area contributed by atoms with Crippen molar-refractivity contribution in [3.8, 4) is 5.75 Å². The van der Waals surface area contributed by atoms with E-state index in [1.807, 2.05) is 0 Å². The number of piperidine rings is 1. The first-order valence-electron chi connectivity index (χ1n) is 6.09. The predicted octanol–water partition coefficient (Wildman–Crippen LogP) is 1.28. The zero-order chi connectivity index (χ0) is 13.0. The summed E-state index contributed by atoms with van der Waals surface area (Å²) in [5.41, 5.74) is 0.230. The van der Waals surface area contributed by atoms with Crippen LogP contribution in [-0.2, 0) is 10.0 Å². The summed E-state index contributed by atoms with van der Waals surface area (Å²) in [5, 5.41) is 12.7. The summed E-state index contributed by atoms with van der Waals surface area (Å²) in [6.45, 7) is 0.872. The van der Waals surface area contributed by atoms with Crippen LogP contribution in [0.15, 0.2) is 24.3 Å². The number of aromatic hydroxyl groups is 1. The average Bonchev–Trinajstić information content (AvgIpc) is 2.32. The van der Waals surface area contributed by atoms with E-state index in [1.165, 1.54) is 6.07 Å². The zero-order valence-corrected chi connectivity index (χ0v) is 10.9. The molecule has 0 saturated carbocycles.